The first-order chi connectivity index (χ1) is 11.6. The summed E-state index contributed by atoms with van der Waals surface area (Å²) in [6.07, 6.45) is 0.0274. The first-order valence-electron chi connectivity index (χ1n) is 7.60. The fraction of sp³-hybridized carbons (Fsp3) is 0.294. The van der Waals surface area contributed by atoms with Crippen LogP contribution < -0.4 is 4.74 Å². The van der Waals surface area contributed by atoms with Crippen molar-refractivity contribution in [2.75, 3.05) is 6.16 Å². The number of halogens is 2. The van der Waals surface area contributed by atoms with Gasteiger partial charge in [-0.1, -0.05) is 19.9 Å². The number of aryl methyl sites for hydroxylation is 1. The number of phenols is 1. The molecule has 2 aromatic rings. The molecule has 0 aromatic heterocycles. The lowest BCUT2D eigenvalue weighted by molar-refractivity contribution is 0.373. The highest BCUT2D eigenvalue weighted by atomic mass is 79.9. The van der Waals surface area contributed by atoms with E-state index in [4.69, 9.17) is 14.5 Å². The second kappa shape index (κ2) is 8.23. The SMILES string of the molecule is CC(C)c1ccc(Oc2c(Br)cc(CCP(=O)(O)O)cc2Br)c(O)c1. The molecular formula is C17H19Br2O5P. The van der Waals surface area contributed by atoms with E-state index in [2.05, 4.69) is 31.9 Å². The fourth-order valence-corrected chi connectivity index (χ4v) is 4.21. The monoisotopic (exact) mass is 492 g/mol. The second-order valence-corrected chi connectivity index (χ2v) is 9.50. The normalized spacial score (nSPS) is 11.8. The molecule has 0 aliphatic heterocycles. The van der Waals surface area contributed by atoms with E-state index in [1.807, 2.05) is 19.9 Å². The molecule has 0 amide bonds. The van der Waals surface area contributed by atoms with Crippen molar-refractivity contribution < 1.29 is 24.2 Å². The minimum absolute atomic E-state index is 0.0515. The summed E-state index contributed by atoms with van der Waals surface area (Å²) in [4.78, 5) is 18.0. The molecule has 0 radical (unpaired) electrons. The molecule has 25 heavy (non-hydrogen) atoms. The van der Waals surface area contributed by atoms with Crippen LogP contribution in [0.3, 0.4) is 0 Å². The molecule has 0 aliphatic rings. The van der Waals surface area contributed by atoms with Crippen molar-refractivity contribution >= 4 is 39.5 Å². The molecule has 0 saturated carbocycles. The first-order valence-corrected chi connectivity index (χ1v) is 11.0. The highest BCUT2D eigenvalue weighted by Gasteiger charge is 2.16. The minimum Gasteiger partial charge on any atom is -0.504 e. The van der Waals surface area contributed by atoms with E-state index in [9.17, 15) is 9.67 Å². The third-order valence-corrected chi connectivity index (χ3v) is 5.60. The number of hydrogen-bond acceptors (Lipinski definition) is 3. The molecule has 2 aromatic carbocycles. The second-order valence-electron chi connectivity index (χ2n) is 6.01. The van der Waals surface area contributed by atoms with Crippen LogP contribution in [0.1, 0.15) is 30.9 Å². The van der Waals surface area contributed by atoms with Gasteiger partial charge in [-0.25, -0.2) is 0 Å². The van der Waals surface area contributed by atoms with E-state index < -0.39 is 7.60 Å². The molecule has 0 fully saturated rings. The van der Waals surface area contributed by atoms with E-state index in [0.717, 1.165) is 11.1 Å². The maximum absolute atomic E-state index is 11.0. The lowest BCUT2D eigenvalue weighted by atomic mass is 10.0. The number of phenolic OH excluding ortho intramolecular Hbond substituents is 1. The van der Waals surface area contributed by atoms with Gasteiger partial charge in [-0.15, -0.1) is 0 Å². The quantitative estimate of drug-likeness (QED) is 0.459. The van der Waals surface area contributed by atoms with Gasteiger partial charge in [-0.3, -0.25) is 4.57 Å². The summed E-state index contributed by atoms with van der Waals surface area (Å²) < 4.78 is 18.1. The van der Waals surface area contributed by atoms with E-state index in [1.54, 1.807) is 24.3 Å². The van der Waals surface area contributed by atoms with Crippen LogP contribution in [-0.4, -0.2) is 21.1 Å². The summed E-state index contributed by atoms with van der Waals surface area (Å²) in [5.41, 5.74) is 1.77. The zero-order valence-electron chi connectivity index (χ0n) is 13.7. The van der Waals surface area contributed by atoms with Crippen molar-refractivity contribution in [2.24, 2.45) is 0 Å². The highest BCUT2D eigenvalue weighted by Crippen LogP contribution is 2.42. The maximum Gasteiger partial charge on any atom is 0.325 e. The van der Waals surface area contributed by atoms with Crippen LogP contribution in [0.4, 0.5) is 0 Å². The third-order valence-electron chi connectivity index (χ3n) is 3.61. The van der Waals surface area contributed by atoms with Crippen molar-refractivity contribution in [2.45, 2.75) is 26.2 Å². The Morgan fingerprint density at radius 2 is 1.72 bits per heavy atom. The predicted molar refractivity (Wildman–Crippen MR) is 105 cm³/mol. The number of hydrogen-bond donors (Lipinski definition) is 3. The van der Waals surface area contributed by atoms with Gasteiger partial charge in [0.05, 0.1) is 15.1 Å². The van der Waals surface area contributed by atoms with Crippen molar-refractivity contribution in [3.63, 3.8) is 0 Å². The number of benzene rings is 2. The molecule has 136 valence electrons. The van der Waals surface area contributed by atoms with Crippen LogP contribution in [0.2, 0.25) is 0 Å². The van der Waals surface area contributed by atoms with E-state index >= 15 is 0 Å². The standard InChI is InChI=1S/C17H19Br2O5P/c1-10(2)12-3-4-16(15(20)9-12)24-17-13(18)7-11(8-14(17)19)5-6-25(21,22)23/h3-4,7-10,20H,5-6H2,1-2H3,(H2,21,22,23). The Bertz CT molecular complexity index is 794. The summed E-state index contributed by atoms with van der Waals surface area (Å²) in [7, 11) is -4.04. The summed E-state index contributed by atoms with van der Waals surface area (Å²) in [6, 6.07) is 8.78. The predicted octanol–water partition coefficient (Wildman–Crippen LogP) is 5.55. The molecule has 3 N–H and O–H groups in total. The van der Waals surface area contributed by atoms with Gasteiger partial charge in [0.2, 0.25) is 0 Å². The lowest BCUT2D eigenvalue weighted by Gasteiger charge is -2.14. The van der Waals surface area contributed by atoms with Crippen LogP contribution in [0.15, 0.2) is 39.3 Å². The average Bonchev–Trinajstić information content (AvgIpc) is 2.49. The molecule has 2 rings (SSSR count). The van der Waals surface area contributed by atoms with Gasteiger partial charge in [-0.2, -0.15) is 0 Å². The average molecular weight is 494 g/mol. The van der Waals surface area contributed by atoms with Crippen molar-refractivity contribution in [3.05, 3.63) is 50.4 Å². The zero-order chi connectivity index (χ0) is 18.8. The summed E-state index contributed by atoms with van der Waals surface area (Å²) in [5.74, 6) is 1.16. The molecule has 0 heterocycles. The smallest absolute Gasteiger partial charge is 0.325 e. The molecule has 0 bridgehead atoms. The van der Waals surface area contributed by atoms with Crippen molar-refractivity contribution in [1.29, 1.82) is 0 Å². The fourth-order valence-electron chi connectivity index (χ4n) is 2.22. The van der Waals surface area contributed by atoms with Gasteiger partial charge in [0.1, 0.15) is 0 Å². The topological polar surface area (TPSA) is 87.0 Å². The molecular weight excluding hydrogens is 475 g/mol. The van der Waals surface area contributed by atoms with Gasteiger partial charge < -0.3 is 19.6 Å². The lowest BCUT2D eigenvalue weighted by Crippen LogP contribution is -1.96. The highest BCUT2D eigenvalue weighted by molar-refractivity contribution is 9.11. The van der Waals surface area contributed by atoms with Crippen LogP contribution in [0.5, 0.6) is 17.2 Å². The van der Waals surface area contributed by atoms with Gasteiger partial charge in [-0.05, 0) is 79.6 Å². The first kappa shape index (κ1) is 20.5. The third kappa shape index (κ3) is 5.83. The molecule has 0 atom stereocenters. The number of rotatable bonds is 6. The molecule has 0 unspecified atom stereocenters. The molecule has 0 aliphatic carbocycles. The molecule has 5 nitrogen and oxygen atoms in total. The Hall–Kier alpha value is -0.850. The number of ether oxygens (including phenoxy) is 1. The van der Waals surface area contributed by atoms with E-state index in [-0.39, 0.29) is 18.3 Å². The van der Waals surface area contributed by atoms with Crippen LogP contribution in [0.25, 0.3) is 0 Å². The Labute approximate surface area is 163 Å². The van der Waals surface area contributed by atoms with E-state index in [0.29, 0.717) is 26.4 Å². The van der Waals surface area contributed by atoms with Crippen molar-refractivity contribution in [3.8, 4) is 17.2 Å². The summed E-state index contributed by atoms with van der Waals surface area (Å²) in [6.45, 7) is 4.08. The Morgan fingerprint density at radius 3 is 2.20 bits per heavy atom. The largest absolute Gasteiger partial charge is 0.504 e. The Balaban J connectivity index is 2.24. The minimum atomic E-state index is -4.04. The Kier molecular flexibility index (Phi) is 6.74. The van der Waals surface area contributed by atoms with Crippen LogP contribution in [0, 0.1) is 0 Å². The molecule has 0 saturated heterocycles. The van der Waals surface area contributed by atoms with Crippen LogP contribution >= 0.6 is 39.5 Å². The zero-order valence-corrected chi connectivity index (χ0v) is 17.8. The van der Waals surface area contributed by atoms with Gasteiger partial charge in [0.15, 0.2) is 17.2 Å². The van der Waals surface area contributed by atoms with Gasteiger partial charge >= 0.3 is 7.60 Å². The summed E-state index contributed by atoms with van der Waals surface area (Å²) in [5, 5.41) is 10.2. The summed E-state index contributed by atoms with van der Waals surface area (Å²) >= 11 is 6.81. The van der Waals surface area contributed by atoms with Gasteiger partial charge in [0.25, 0.3) is 0 Å². The van der Waals surface area contributed by atoms with Crippen LogP contribution in [-0.2, 0) is 11.0 Å². The molecule has 8 heteroatoms. The van der Waals surface area contributed by atoms with Gasteiger partial charge in [0, 0.05) is 0 Å². The van der Waals surface area contributed by atoms with E-state index in [1.165, 1.54) is 0 Å². The molecule has 0 spiro atoms. The maximum atomic E-state index is 11.0. The van der Waals surface area contributed by atoms with Crippen molar-refractivity contribution in [1.82, 2.24) is 0 Å². The Morgan fingerprint density at radius 1 is 1.12 bits per heavy atom. The number of aromatic hydroxyl groups is 1.